The van der Waals surface area contributed by atoms with Gasteiger partial charge in [0, 0.05) is 0 Å². The second-order valence-corrected chi connectivity index (χ2v) is 11.0. The number of likely N-dealkylation sites (tertiary alicyclic amines) is 1. The van der Waals surface area contributed by atoms with Gasteiger partial charge in [0.2, 0.25) is 5.16 Å². The fourth-order valence-corrected chi connectivity index (χ4v) is 6.08. The molecule has 0 radical (unpaired) electrons. The minimum absolute atomic E-state index is 0.166. The Hall–Kier alpha value is -2.05. The van der Waals surface area contributed by atoms with Crippen molar-refractivity contribution < 1.29 is 4.74 Å². The van der Waals surface area contributed by atoms with E-state index in [4.69, 9.17) is 37.9 Å². The summed E-state index contributed by atoms with van der Waals surface area (Å²) < 4.78 is 7.18. The monoisotopic (exact) mass is 536 g/mol. The maximum absolute atomic E-state index is 6.25. The predicted molar refractivity (Wildman–Crippen MR) is 134 cm³/mol. The average molecular weight is 538 g/mol. The van der Waals surface area contributed by atoms with Gasteiger partial charge in [0.15, 0.2) is 0 Å². The molecule has 3 aromatic heterocycles. The third-order valence-electron chi connectivity index (χ3n) is 6.05. The van der Waals surface area contributed by atoms with Crippen molar-refractivity contribution in [3.05, 3.63) is 28.4 Å². The molecule has 1 aliphatic rings. The summed E-state index contributed by atoms with van der Waals surface area (Å²) in [5.74, 6) is 0.507. The molecule has 0 N–H and O–H groups in total. The minimum Gasteiger partial charge on any atom is -0.473 e. The fraction of sp³-hybridized carbons (Fsp3) is 0.429. The molecule has 34 heavy (non-hydrogen) atoms. The third-order valence-corrected chi connectivity index (χ3v) is 8.67. The number of halogens is 2. The zero-order chi connectivity index (χ0) is 23.8. The maximum Gasteiger partial charge on any atom is 0.273 e. The topological polar surface area (TPSA) is 94.7 Å². The van der Waals surface area contributed by atoms with Gasteiger partial charge in [0.1, 0.15) is 10.7 Å². The lowest BCUT2D eigenvalue weighted by Crippen LogP contribution is -2.33. The standard InChI is InChI=1S/C21H22Cl2N8OS2/c1-11(12-4-6-30(2)7-5-12)31-20(27-28-29-31)34-19-18(17-10-24-21(32-3)33-17)25-15-8-13(22)14(23)9-16(15)26-19/h8-12H,4-7H2,1-3H3. The summed E-state index contributed by atoms with van der Waals surface area (Å²) in [5.41, 5.74) is 1.94. The summed E-state index contributed by atoms with van der Waals surface area (Å²) in [4.78, 5) is 17.2. The molecule has 0 bridgehead atoms. The quantitative estimate of drug-likeness (QED) is 0.333. The first kappa shape index (κ1) is 23.7. The minimum atomic E-state index is 0.166. The van der Waals surface area contributed by atoms with E-state index in [1.165, 1.54) is 23.1 Å². The van der Waals surface area contributed by atoms with Gasteiger partial charge in [-0.3, -0.25) is 0 Å². The Morgan fingerprint density at radius 1 is 1.15 bits per heavy atom. The molecular formula is C21H22Cl2N8OS2. The van der Waals surface area contributed by atoms with Gasteiger partial charge in [-0.2, -0.15) is 0 Å². The van der Waals surface area contributed by atoms with E-state index >= 15 is 0 Å². The van der Waals surface area contributed by atoms with Gasteiger partial charge in [-0.1, -0.05) is 34.5 Å². The van der Waals surface area contributed by atoms with E-state index in [1.54, 1.807) is 25.4 Å². The van der Waals surface area contributed by atoms with Crippen LogP contribution in [0.5, 0.6) is 5.19 Å². The molecule has 0 aliphatic carbocycles. The molecule has 0 saturated carbocycles. The normalized spacial score (nSPS) is 16.3. The van der Waals surface area contributed by atoms with Crippen LogP contribution in [0.3, 0.4) is 0 Å². The van der Waals surface area contributed by atoms with Crippen LogP contribution < -0.4 is 4.74 Å². The Morgan fingerprint density at radius 3 is 2.53 bits per heavy atom. The number of ether oxygens (including phenoxy) is 1. The molecule has 0 amide bonds. The van der Waals surface area contributed by atoms with Gasteiger partial charge >= 0.3 is 0 Å². The van der Waals surface area contributed by atoms with Gasteiger partial charge in [0.25, 0.3) is 5.19 Å². The smallest absolute Gasteiger partial charge is 0.273 e. The molecule has 4 aromatic rings. The molecule has 1 unspecified atom stereocenters. The van der Waals surface area contributed by atoms with Crippen molar-refractivity contribution in [1.82, 2.24) is 40.1 Å². The first-order valence-electron chi connectivity index (χ1n) is 10.7. The number of hydrogen-bond donors (Lipinski definition) is 0. The van der Waals surface area contributed by atoms with E-state index < -0.39 is 0 Å². The highest BCUT2D eigenvalue weighted by Crippen LogP contribution is 2.40. The average Bonchev–Trinajstić information content (AvgIpc) is 3.49. The zero-order valence-electron chi connectivity index (χ0n) is 18.8. The maximum atomic E-state index is 6.25. The van der Waals surface area contributed by atoms with Crippen LogP contribution in [-0.2, 0) is 0 Å². The molecule has 178 valence electrons. The van der Waals surface area contributed by atoms with Crippen molar-refractivity contribution in [2.45, 2.75) is 36.0 Å². The highest BCUT2D eigenvalue weighted by atomic mass is 35.5. The highest BCUT2D eigenvalue weighted by Gasteiger charge is 2.27. The van der Waals surface area contributed by atoms with Gasteiger partial charge in [-0.05, 0) is 80.1 Å². The molecule has 1 fully saturated rings. The third kappa shape index (κ3) is 4.72. The molecule has 1 aromatic carbocycles. The lowest BCUT2D eigenvalue weighted by Gasteiger charge is -2.32. The van der Waals surface area contributed by atoms with Crippen LogP contribution in [0.25, 0.3) is 21.6 Å². The van der Waals surface area contributed by atoms with E-state index in [9.17, 15) is 0 Å². The number of aromatic nitrogens is 7. The number of fused-ring (bicyclic) bond motifs is 1. The van der Waals surface area contributed by atoms with Gasteiger partial charge in [-0.15, -0.1) is 5.10 Å². The van der Waals surface area contributed by atoms with Crippen molar-refractivity contribution in [2.75, 3.05) is 27.2 Å². The first-order valence-corrected chi connectivity index (χ1v) is 13.1. The molecule has 9 nitrogen and oxygen atoms in total. The predicted octanol–water partition coefficient (Wildman–Crippen LogP) is 5.11. The number of tetrazole rings is 1. The summed E-state index contributed by atoms with van der Waals surface area (Å²) >= 11 is 15.3. The van der Waals surface area contributed by atoms with Gasteiger partial charge in [-0.25, -0.2) is 19.6 Å². The second kappa shape index (κ2) is 9.90. The molecule has 4 heterocycles. The Morgan fingerprint density at radius 2 is 1.85 bits per heavy atom. The molecule has 0 spiro atoms. The number of thiazole rings is 1. The lowest BCUT2D eigenvalue weighted by atomic mass is 9.91. The van der Waals surface area contributed by atoms with E-state index in [0.29, 0.717) is 48.1 Å². The number of benzene rings is 1. The molecule has 13 heteroatoms. The van der Waals surface area contributed by atoms with Crippen LogP contribution >= 0.6 is 46.3 Å². The van der Waals surface area contributed by atoms with Gasteiger partial charge in [0.05, 0.1) is 45.3 Å². The fourth-order valence-electron chi connectivity index (χ4n) is 4.03. The molecule has 1 saturated heterocycles. The SMILES string of the molecule is COc1ncc(-c2nc3cc(Cl)c(Cl)cc3nc2Sc2nnnn2C(C)C2CCN(C)CC2)s1. The number of rotatable bonds is 6. The van der Waals surface area contributed by atoms with Crippen LogP contribution in [0.4, 0.5) is 0 Å². The summed E-state index contributed by atoms with van der Waals surface area (Å²) in [6.45, 7) is 4.34. The van der Waals surface area contributed by atoms with E-state index in [-0.39, 0.29) is 6.04 Å². The zero-order valence-corrected chi connectivity index (χ0v) is 21.9. The first-order chi connectivity index (χ1) is 16.4. The van der Waals surface area contributed by atoms with E-state index in [0.717, 1.165) is 30.8 Å². The van der Waals surface area contributed by atoms with Crippen LogP contribution in [0.1, 0.15) is 25.8 Å². The van der Waals surface area contributed by atoms with Gasteiger partial charge < -0.3 is 9.64 Å². The van der Waals surface area contributed by atoms with Crippen LogP contribution in [0, 0.1) is 5.92 Å². The van der Waals surface area contributed by atoms with Crippen molar-refractivity contribution >= 4 is 57.3 Å². The Labute approximate surface area is 214 Å². The van der Waals surface area contributed by atoms with Crippen LogP contribution in [-0.4, -0.2) is 67.3 Å². The van der Waals surface area contributed by atoms with Crippen molar-refractivity contribution in [1.29, 1.82) is 0 Å². The number of hydrogen-bond acceptors (Lipinski definition) is 10. The van der Waals surface area contributed by atoms with E-state index in [1.807, 2.05) is 4.68 Å². The number of methoxy groups -OCH3 is 1. The van der Waals surface area contributed by atoms with E-state index in [2.05, 4.69) is 39.4 Å². The Kier molecular flexibility index (Phi) is 6.90. The van der Waals surface area contributed by atoms with Crippen LogP contribution in [0.15, 0.2) is 28.5 Å². The summed E-state index contributed by atoms with van der Waals surface area (Å²) in [6, 6.07) is 3.60. The van der Waals surface area contributed by atoms with Crippen molar-refractivity contribution in [2.24, 2.45) is 5.92 Å². The molecule has 1 aliphatic heterocycles. The Bertz CT molecular complexity index is 1320. The second-order valence-electron chi connectivity index (χ2n) is 8.22. The molecule has 5 rings (SSSR count). The highest BCUT2D eigenvalue weighted by molar-refractivity contribution is 7.99. The number of nitrogens with zero attached hydrogens (tertiary/aromatic N) is 8. The largest absolute Gasteiger partial charge is 0.473 e. The van der Waals surface area contributed by atoms with Crippen LogP contribution in [0.2, 0.25) is 10.0 Å². The summed E-state index contributed by atoms with van der Waals surface area (Å²) in [6.07, 6.45) is 3.95. The number of piperidine rings is 1. The molecular weight excluding hydrogens is 515 g/mol. The summed E-state index contributed by atoms with van der Waals surface area (Å²) in [7, 11) is 3.75. The molecule has 1 atom stereocenters. The lowest BCUT2D eigenvalue weighted by molar-refractivity contribution is 0.168. The van der Waals surface area contributed by atoms with Crippen molar-refractivity contribution in [3.8, 4) is 15.8 Å². The summed E-state index contributed by atoms with van der Waals surface area (Å²) in [5, 5.41) is 15.3. The Balaban J connectivity index is 1.54. The van der Waals surface area contributed by atoms with Crippen molar-refractivity contribution in [3.63, 3.8) is 0 Å².